The maximum Gasteiger partial charge on any atom is 0.273 e. The fourth-order valence-electron chi connectivity index (χ4n) is 3.19. The molecule has 0 saturated heterocycles. The van der Waals surface area contributed by atoms with Crippen molar-refractivity contribution in [3.8, 4) is 5.75 Å². The predicted molar refractivity (Wildman–Crippen MR) is 114 cm³/mol. The minimum absolute atomic E-state index is 0.0788. The lowest BCUT2D eigenvalue weighted by Crippen LogP contribution is -2.42. The maximum atomic E-state index is 12.9. The van der Waals surface area contributed by atoms with Gasteiger partial charge in [-0.1, -0.05) is 12.1 Å². The van der Waals surface area contributed by atoms with Gasteiger partial charge in [-0.2, -0.15) is 0 Å². The largest absolute Gasteiger partial charge is 0.490 e. The predicted octanol–water partition coefficient (Wildman–Crippen LogP) is 4.09. The van der Waals surface area contributed by atoms with E-state index in [9.17, 15) is 19.7 Å². The van der Waals surface area contributed by atoms with Crippen molar-refractivity contribution in [1.29, 1.82) is 0 Å². The average molecular weight is 409 g/mol. The highest BCUT2D eigenvalue weighted by Gasteiger charge is 2.37. The monoisotopic (exact) mass is 409 g/mol. The smallest absolute Gasteiger partial charge is 0.273 e. The van der Waals surface area contributed by atoms with Crippen molar-refractivity contribution in [2.24, 2.45) is 5.41 Å². The Balaban J connectivity index is 1.90. The zero-order chi connectivity index (χ0) is 22.1. The number of fused-ring (bicyclic) bond motifs is 1. The quantitative estimate of drug-likeness (QED) is 0.455. The van der Waals surface area contributed by atoms with E-state index in [4.69, 9.17) is 4.74 Å². The van der Waals surface area contributed by atoms with E-state index in [0.29, 0.717) is 29.2 Å². The van der Waals surface area contributed by atoms with Crippen LogP contribution in [0, 0.1) is 22.5 Å². The number of carbonyl (C=O) groups is 2. The Hall–Kier alpha value is -3.68. The number of carbonyl (C=O) groups excluding carboxylic acids is 2. The van der Waals surface area contributed by atoms with Crippen molar-refractivity contribution in [2.45, 2.75) is 20.8 Å². The second-order valence-corrected chi connectivity index (χ2v) is 7.77. The average Bonchev–Trinajstić information content (AvgIpc) is 2.78. The molecule has 0 fully saturated rings. The molecule has 0 radical (unpaired) electrons. The van der Waals surface area contributed by atoms with E-state index in [-0.39, 0.29) is 23.8 Å². The van der Waals surface area contributed by atoms with Gasteiger partial charge in [-0.3, -0.25) is 19.7 Å². The summed E-state index contributed by atoms with van der Waals surface area (Å²) in [6.07, 6.45) is 1.64. The molecule has 0 atom stereocenters. The van der Waals surface area contributed by atoms with Crippen LogP contribution in [0.4, 0.5) is 17.1 Å². The number of hydrogen-bond acceptors (Lipinski definition) is 5. The second-order valence-electron chi connectivity index (χ2n) is 7.77. The van der Waals surface area contributed by atoms with E-state index in [1.807, 2.05) is 13.8 Å². The summed E-state index contributed by atoms with van der Waals surface area (Å²) in [5.74, 6) is -0.0978. The Kier molecular flexibility index (Phi) is 5.60. The third-order valence-corrected chi connectivity index (χ3v) is 4.90. The van der Waals surface area contributed by atoms with E-state index in [2.05, 4.69) is 11.9 Å². The topological polar surface area (TPSA) is 102 Å². The van der Waals surface area contributed by atoms with Crippen LogP contribution in [0.3, 0.4) is 0 Å². The van der Waals surface area contributed by atoms with Crippen LogP contribution in [0.1, 0.15) is 29.8 Å². The number of nitrogens with one attached hydrogen (secondary N) is 1. The Bertz CT molecular complexity index is 1050. The Labute approximate surface area is 174 Å². The summed E-state index contributed by atoms with van der Waals surface area (Å²) in [4.78, 5) is 37.7. The summed E-state index contributed by atoms with van der Waals surface area (Å²) < 4.78 is 5.87. The molecule has 1 aliphatic heterocycles. The number of anilines is 2. The Morgan fingerprint density at radius 2 is 2.07 bits per heavy atom. The Morgan fingerprint density at radius 1 is 1.33 bits per heavy atom. The fraction of sp³-hybridized carbons (Fsp3) is 0.273. The molecule has 8 nitrogen and oxygen atoms in total. The third kappa shape index (κ3) is 4.03. The van der Waals surface area contributed by atoms with Crippen molar-refractivity contribution >= 4 is 28.9 Å². The van der Waals surface area contributed by atoms with Crippen molar-refractivity contribution < 1.29 is 19.2 Å². The van der Waals surface area contributed by atoms with Gasteiger partial charge in [0.15, 0.2) is 0 Å². The third-order valence-electron chi connectivity index (χ3n) is 4.90. The number of amides is 2. The van der Waals surface area contributed by atoms with Gasteiger partial charge in [0.2, 0.25) is 5.91 Å². The van der Waals surface area contributed by atoms with Crippen LogP contribution >= 0.6 is 0 Å². The highest BCUT2D eigenvalue weighted by atomic mass is 16.6. The van der Waals surface area contributed by atoms with E-state index in [0.717, 1.165) is 0 Å². The number of aryl methyl sites for hydroxylation is 1. The minimum atomic E-state index is -0.716. The van der Waals surface area contributed by atoms with Crippen LogP contribution < -0.4 is 15.0 Å². The lowest BCUT2D eigenvalue weighted by atomic mass is 9.93. The summed E-state index contributed by atoms with van der Waals surface area (Å²) in [5, 5.41) is 13.9. The molecule has 0 saturated carbocycles. The molecule has 3 rings (SSSR count). The number of nitro groups is 1. The molecule has 2 aromatic carbocycles. The number of hydrogen-bond donors (Lipinski definition) is 1. The molecule has 0 bridgehead atoms. The first-order valence-corrected chi connectivity index (χ1v) is 9.40. The van der Waals surface area contributed by atoms with Gasteiger partial charge in [0.1, 0.15) is 12.4 Å². The van der Waals surface area contributed by atoms with Gasteiger partial charge in [-0.05, 0) is 39.0 Å². The van der Waals surface area contributed by atoms with E-state index >= 15 is 0 Å². The van der Waals surface area contributed by atoms with Crippen LogP contribution in [0.2, 0.25) is 0 Å². The summed E-state index contributed by atoms with van der Waals surface area (Å²) >= 11 is 0. The molecule has 0 aromatic heterocycles. The molecule has 30 heavy (non-hydrogen) atoms. The summed E-state index contributed by atoms with van der Waals surface area (Å²) in [6.45, 7) is 9.47. The first-order valence-electron chi connectivity index (χ1n) is 9.40. The normalized spacial score (nSPS) is 14.9. The van der Waals surface area contributed by atoms with E-state index < -0.39 is 16.2 Å². The van der Waals surface area contributed by atoms with Crippen molar-refractivity contribution in [2.75, 3.05) is 23.4 Å². The van der Waals surface area contributed by atoms with E-state index in [1.165, 1.54) is 18.2 Å². The van der Waals surface area contributed by atoms with Gasteiger partial charge < -0.3 is 15.0 Å². The molecular formula is C22H23N3O5. The first kappa shape index (κ1) is 21.0. The molecule has 2 amide bonds. The van der Waals surface area contributed by atoms with Crippen LogP contribution in [0.5, 0.6) is 5.75 Å². The molecule has 2 aromatic rings. The number of nitrogens with zero attached hydrogens (tertiary/aromatic N) is 2. The van der Waals surface area contributed by atoms with Crippen LogP contribution in [0.25, 0.3) is 0 Å². The van der Waals surface area contributed by atoms with Gasteiger partial charge in [0.05, 0.1) is 16.0 Å². The molecule has 0 aliphatic carbocycles. The van der Waals surface area contributed by atoms with Crippen LogP contribution in [-0.4, -0.2) is 29.9 Å². The summed E-state index contributed by atoms with van der Waals surface area (Å²) in [7, 11) is 0. The van der Waals surface area contributed by atoms with Gasteiger partial charge in [0.25, 0.3) is 11.6 Å². The molecular weight excluding hydrogens is 386 g/mol. The molecule has 156 valence electrons. The molecule has 0 spiro atoms. The maximum absolute atomic E-state index is 12.9. The second kappa shape index (κ2) is 7.98. The summed E-state index contributed by atoms with van der Waals surface area (Å²) in [6, 6.07) is 9.31. The number of benzene rings is 2. The molecule has 1 N–H and O–H groups in total. The molecule has 8 heteroatoms. The molecule has 1 heterocycles. The van der Waals surface area contributed by atoms with Crippen molar-refractivity contribution in [1.82, 2.24) is 0 Å². The van der Waals surface area contributed by atoms with Gasteiger partial charge in [-0.25, -0.2) is 0 Å². The highest BCUT2D eigenvalue weighted by Crippen LogP contribution is 2.38. The van der Waals surface area contributed by atoms with Crippen molar-refractivity contribution in [3.05, 3.63) is 70.3 Å². The van der Waals surface area contributed by atoms with Gasteiger partial charge >= 0.3 is 0 Å². The zero-order valence-electron chi connectivity index (χ0n) is 17.1. The lowest BCUT2D eigenvalue weighted by Gasteiger charge is -2.27. The summed E-state index contributed by atoms with van der Waals surface area (Å²) in [5.41, 5.74) is 0.861. The molecule has 0 unspecified atom stereocenters. The minimum Gasteiger partial charge on any atom is -0.490 e. The van der Waals surface area contributed by atoms with Crippen LogP contribution in [0.15, 0.2) is 49.1 Å². The zero-order valence-corrected chi connectivity index (χ0v) is 17.1. The van der Waals surface area contributed by atoms with Crippen LogP contribution in [-0.2, 0) is 4.79 Å². The first-order chi connectivity index (χ1) is 14.1. The van der Waals surface area contributed by atoms with Crippen molar-refractivity contribution in [3.63, 3.8) is 0 Å². The number of rotatable bonds is 5. The fourth-order valence-corrected chi connectivity index (χ4v) is 3.19. The van der Waals surface area contributed by atoms with Gasteiger partial charge in [-0.15, -0.1) is 6.58 Å². The number of nitro benzene ring substituents is 1. The lowest BCUT2D eigenvalue weighted by molar-refractivity contribution is -0.385. The molecule has 1 aliphatic rings. The highest BCUT2D eigenvalue weighted by molar-refractivity contribution is 6.05. The standard InChI is InChI=1S/C22H23N3O5/c1-5-10-24-17-9-8-16(12-19(17)30-13-22(3,4)21(24)27)23-20(26)15-7-6-14(2)18(11-15)25(28)29/h5-9,11-12H,1,10,13H2,2-4H3,(H,23,26). The number of ether oxygens (including phenoxy) is 1. The van der Waals surface area contributed by atoms with Gasteiger partial charge in [0, 0.05) is 35.5 Å². The van der Waals surface area contributed by atoms with E-state index in [1.54, 1.807) is 36.1 Å². The SMILES string of the molecule is C=CCN1C(=O)C(C)(C)COc2cc(NC(=O)c3ccc(C)c([N+](=O)[O-])c3)ccc21. The Morgan fingerprint density at radius 3 is 2.73 bits per heavy atom.